The Morgan fingerprint density at radius 1 is 1.44 bits per heavy atom. The number of nitrogens with one attached hydrogen (secondary N) is 1. The molecule has 1 aliphatic heterocycles. The Hall–Kier alpha value is -1.65. The predicted molar refractivity (Wildman–Crippen MR) is 69.0 cm³/mol. The number of hydrogen-bond donors (Lipinski definition) is 2. The van der Waals surface area contributed by atoms with E-state index in [1.807, 2.05) is 0 Å². The zero-order valence-corrected chi connectivity index (χ0v) is 10.2. The van der Waals surface area contributed by atoms with Crippen molar-refractivity contribution in [3.63, 3.8) is 0 Å². The fourth-order valence-corrected chi connectivity index (χ4v) is 2.49. The van der Waals surface area contributed by atoms with E-state index in [0.717, 1.165) is 25.3 Å². The number of fused-ring (bicyclic) bond motifs is 1. The first-order valence-corrected chi connectivity index (χ1v) is 6.29. The summed E-state index contributed by atoms with van der Waals surface area (Å²) in [7, 11) is 0. The summed E-state index contributed by atoms with van der Waals surface area (Å²) in [6.45, 7) is 0.770. The van der Waals surface area contributed by atoms with Gasteiger partial charge in [-0.2, -0.15) is 0 Å². The maximum Gasteiger partial charge on any atom is 0.123 e. The van der Waals surface area contributed by atoms with Gasteiger partial charge in [0.15, 0.2) is 0 Å². The molecule has 2 aromatic rings. The van der Waals surface area contributed by atoms with Gasteiger partial charge in [0.25, 0.3) is 0 Å². The largest absolute Gasteiger partial charge is 0.373 e. The lowest BCUT2D eigenvalue weighted by Crippen LogP contribution is -2.22. The molecule has 1 aromatic heterocycles. The predicted octanol–water partition coefficient (Wildman–Crippen LogP) is 2.11. The van der Waals surface area contributed by atoms with Crippen molar-refractivity contribution >= 4 is 0 Å². The van der Waals surface area contributed by atoms with Crippen LogP contribution in [0.1, 0.15) is 35.5 Å². The van der Waals surface area contributed by atoms with Crippen molar-refractivity contribution in [2.45, 2.75) is 25.0 Å². The van der Waals surface area contributed by atoms with E-state index < -0.39 is 0 Å². The number of benzene rings is 1. The highest BCUT2D eigenvalue weighted by Crippen LogP contribution is 2.32. The van der Waals surface area contributed by atoms with Crippen molar-refractivity contribution in [1.29, 1.82) is 0 Å². The Labute approximate surface area is 106 Å². The van der Waals surface area contributed by atoms with Gasteiger partial charge in [0.1, 0.15) is 5.82 Å². The van der Waals surface area contributed by atoms with Gasteiger partial charge in [-0.3, -0.25) is 0 Å². The molecule has 94 valence electrons. The molecular weight excluding hydrogens is 226 g/mol. The fourth-order valence-electron chi connectivity index (χ4n) is 2.49. The molecule has 0 spiro atoms. The molecule has 2 unspecified atom stereocenters. The average Bonchev–Trinajstić information content (AvgIpc) is 2.93. The van der Waals surface area contributed by atoms with Crippen LogP contribution in [0.4, 0.5) is 0 Å². The lowest BCUT2D eigenvalue weighted by molar-refractivity contribution is 0.0315. The Morgan fingerprint density at radius 3 is 3.17 bits per heavy atom. The monoisotopic (exact) mass is 243 g/mol. The molecule has 0 radical (unpaired) electrons. The molecule has 3 N–H and O–H groups in total. The van der Waals surface area contributed by atoms with Crippen LogP contribution in [0.3, 0.4) is 0 Å². The third kappa shape index (κ3) is 2.17. The Balaban J connectivity index is 1.78. The van der Waals surface area contributed by atoms with E-state index in [4.69, 9.17) is 10.5 Å². The number of nitrogens with zero attached hydrogens (tertiary/aromatic N) is 1. The molecule has 2 atom stereocenters. The maximum atomic E-state index is 6.15. The van der Waals surface area contributed by atoms with E-state index in [0.29, 0.717) is 0 Å². The molecule has 3 rings (SSSR count). The van der Waals surface area contributed by atoms with Crippen molar-refractivity contribution < 1.29 is 4.74 Å². The zero-order chi connectivity index (χ0) is 12.4. The molecular formula is C14H17N3O. The minimum Gasteiger partial charge on any atom is -0.373 e. The van der Waals surface area contributed by atoms with E-state index in [2.05, 4.69) is 34.2 Å². The van der Waals surface area contributed by atoms with Gasteiger partial charge in [-0.25, -0.2) is 4.98 Å². The Morgan fingerprint density at radius 2 is 2.33 bits per heavy atom. The van der Waals surface area contributed by atoms with Gasteiger partial charge >= 0.3 is 0 Å². The smallest absolute Gasteiger partial charge is 0.123 e. The molecule has 0 bridgehead atoms. The minimum atomic E-state index is -0.115. The molecule has 0 saturated heterocycles. The molecule has 1 aliphatic rings. The number of ether oxygens (including phenoxy) is 1. The Kier molecular flexibility index (Phi) is 3.13. The van der Waals surface area contributed by atoms with Crippen LogP contribution in [0.25, 0.3) is 0 Å². The van der Waals surface area contributed by atoms with Gasteiger partial charge in [0.2, 0.25) is 0 Å². The Bertz CT molecular complexity index is 510. The summed E-state index contributed by atoms with van der Waals surface area (Å²) in [5, 5.41) is 0. The van der Waals surface area contributed by atoms with Crippen LogP contribution in [0.5, 0.6) is 0 Å². The van der Waals surface area contributed by atoms with Gasteiger partial charge in [0.05, 0.1) is 18.8 Å². The van der Waals surface area contributed by atoms with Crippen LogP contribution < -0.4 is 5.73 Å². The number of aromatic nitrogens is 2. The van der Waals surface area contributed by atoms with E-state index in [-0.39, 0.29) is 12.1 Å². The average molecular weight is 243 g/mol. The molecule has 0 aliphatic carbocycles. The standard InChI is InChI=1S/C14H17N3O/c15-12(14-16-6-7-17-14)9-13-11-4-2-1-3-10(11)5-8-18-13/h1-4,6-7,12-13H,5,8-9,15H2,(H,16,17). The molecule has 0 saturated carbocycles. The number of rotatable bonds is 3. The van der Waals surface area contributed by atoms with Crippen LogP contribution >= 0.6 is 0 Å². The topological polar surface area (TPSA) is 63.9 Å². The summed E-state index contributed by atoms with van der Waals surface area (Å²) >= 11 is 0. The normalized spacial score (nSPS) is 20.4. The maximum absolute atomic E-state index is 6.15. The molecule has 18 heavy (non-hydrogen) atoms. The van der Waals surface area contributed by atoms with Crippen LogP contribution in [0.2, 0.25) is 0 Å². The third-order valence-electron chi connectivity index (χ3n) is 3.43. The lowest BCUT2D eigenvalue weighted by Gasteiger charge is -2.27. The van der Waals surface area contributed by atoms with E-state index in [1.54, 1.807) is 12.4 Å². The van der Waals surface area contributed by atoms with Crippen LogP contribution in [0, 0.1) is 0 Å². The van der Waals surface area contributed by atoms with Gasteiger partial charge < -0.3 is 15.5 Å². The second kappa shape index (κ2) is 4.92. The number of nitrogens with two attached hydrogens (primary N) is 1. The first kappa shape index (κ1) is 11.4. The van der Waals surface area contributed by atoms with Gasteiger partial charge in [-0.1, -0.05) is 24.3 Å². The van der Waals surface area contributed by atoms with E-state index in [9.17, 15) is 0 Å². The van der Waals surface area contributed by atoms with Gasteiger partial charge in [-0.05, 0) is 17.5 Å². The summed E-state index contributed by atoms with van der Waals surface area (Å²) in [5.41, 5.74) is 8.80. The zero-order valence-electron chi connectivity index (χ0n) is 10.2. The van der Waals surface area contributed by atoms with Crippen LogP contribution in [-0.4, -0.2) is 16.6 Å². The number of hydrogen-bond acceptors (Lipinski definition) is 3. The lowest BCUT2D eigenvalue weighted by atomic mass is 9.93. The first-order valence-electron chi connectivity index (χ1n) is 6.29. The first-order chi connectivity index (χ1) is 8.84. The fraction of sp³-hybridized carbons (Fsp3) is 0.357. The minimum absolute atomic E-state index is 0.0787. The highest BCUT2D eigenvalue weighted by molar-refractivity contribution is 5.31. The highest BCUT2D eigenvalue weighted by atomic mass is 16.5. The molecule has 2 heterocycles. The van der Waals surface area contributed by atoms with Crippen molar-refractivity contribution in [3.8, 4) is 0 Å². The molecule has 0 amide bonds. The van der Waals surface area contributed by atoms with Crippen molar-refractivity contribution in [2.75, 3.05) is 6.61 Å². The van der Waals surface area contributed by atoms with Crippen LogP contribution in [-0.2, 0) is 11.2 Å². The number of H-pyrrole nitrogens is 1. The number of aromatic amines is 1. The molecule has 4 nitrogen and oxygen atoms in total. The van der Waals surface area contributed by atoms with Crippen molar-refractivity contribution in [2.24, 2.45) is 5.73 Å². The molecule has 4 heteroatoms. The van der Waals surface area contributed by atoms with E-state index in [1.165, 1.54) is 11.1 Å². The molecule has 1 aromatic carbocycles. The molecule has 0 fully saturated rings. The van der Waals surface area contributed by atoms with Crippen LogP contribution in [0.15, 0.2) is 36.7 Å². The summed E-state index contributed by atoms with van der Waals surface area (Å²) in [6.07, 6.45) is 5.35. The van der Waals surface area contributed by atoms with Gasteiger partial charge in [0, 0.05) is 18.8 Å². The number of imidazole rings is 1. The van der Waals surface area contributed by atoms with Crippen molar-refractivity contribution in [1.82, 2.24) is 9.97 Å². The summed E-state index contributed by atoms with van der Waals surface area (Å²) < 4.78 is 5.85. The van der Waals surface area contributed by atoms with E-state index >= 15 is 0 Å². The highest BCUT2D eigenvalue weighted by Gasteiger charge is 2.23. The van der Waals surface area contributed by atoms with Crippen molar-refractivity contribution in [3.05, 3.63) is 53.6 Å². The third-order valence-corrected chi connectivity index (χ3v) is 3.43. The van der Waals surface area contributed by atoms with Gasteiger partial charge in [-0.15, -0.1) is 0 Å². The summed E-state index contributed by atoms with van der Waals surface area (Å²) in [6, 6.07) is 8.32. The summed E-state index contributed by atoms with van der Waals surface area (Å²) in [5.74, 6) is 0.821. The second-order valence-corrected chi connectivity index (χ2v) is 4.62. The SMILES string of the molecule is NC(CC1OCCc2ccccc21)c1ncc[nH]1. The second-order valence-electron chi connectivity index (χ2n) is 4.62. The quantitative estimate of drug-likeness (QED) is 0.867. The summed E-state index contributed by atoms with van der Waals surface area (Å²) in [4.78, 5) is 7.26.